The molecule has 3 heterocycles. The molecule has 0 unspecified atom stereocenters. The van der Waals surface area contributed by atoms with Gasteiger partial charge in [-0.3, -0.25) is 14.0 Å². The molecular formula is C13H13Cl2F3N4O3. The lowest BCUT2D eigenvalue weighted by Gasteiger charge is -2.18. The van der Waals surface area contributed by atoms with Crippen LogP contribution in [0.3, 0.4) is 0 Å². The zero-order valence-electron chi connectivity index (χ0n) is 12.4. The summed E-state index contributed by atoms with van der Waals surface area (Å²) >= 11 is 0. The van der Waals surface area contributed by atoms with Gasteiger partial charge in [-0.05, 0) is 12.1 Å². The summed E-state index contributed by atoms with van der Waals surface area (Å²) in [5, 5.41) is 16.4. The highest BCUT2D eigenvalue weighted by molar-refractivity contribution is 5.95. The summed E-state index contributed by atoms with van der Waals surface area (Å²) in [5.74, 6) is -5.93. The van der Waals surface area contributed by atoms with Gasteiger partial charge in [-0.2, -0.15) is 13.2 Å². The molecule has 12 heteroatoms. The second kappa shape index (κ2) is 7.44. The van der Waals surface area contributed by atoms with Gasteiger partial charge in [-0.1, -0.05) is 0 Å². The fourth-order valence-corrected chi connectivity index (χ4v) is 2.69. The Kier molecular flexibility index (Phi) is 6.24. The molecule has 1 N–H and O–H groups in total. The number of likely N-dealkylation sites (tertiary alicyclic amines) is 1. The van der Waals surface area contributed by atoms with Crippen molar-refractivity contribution in [1.29, 1.82) is 0 Å². The van der Waals surface area contributed by atoms with E-state index < -0.39 is 43.0 Å². The van der Waals surface area contributed by atoms with Crippen molar-refractivity contribution in [2.45, 2.75) is 6.18 Å². The van der Waals surface area contributed by atoms with Gasteiger partial charge in [0.05, 0.1) is 17.4 Å². The number of aliphatic carboxylic acids is 1. The first-order valence-corrected chi connectivity index (χ1v) is 6.65. The molecule has 1 saturated heterocycles. The molecule has 25 heavy (non-hydrogen) atoms. The van der Waals surface area contributed by atoms with Crippen LogP contribution in [-0.4, -0.2) is 55.7 Å². The first-order chi connectivity index (χ1) is 10.8. The van der Waals surface area contributed by atoms with Crippen LogP contribution in [-0.2, 0) is 4.79 Å². The average molecular weight is 401 g/mol. The largest absolute Gasteiger partial charge is 0.481 e. The maximum atomic E-state index is 13.0. The number of hydrogen-bond donors (Lipinski definition) is 1. The highest BCUT2D eigenvalue weighted by atomic mass is 35.5. The van der Waals surface area contributed by atoms with E-state index in [0.29, 0.717) is 5.65 Å². The predicted octanol–water partition coefficient (Wildman–Crippen LogP) is 1.91. The third-order valence-electron chi connectivity index (χ3n) is 3.88. The van der Waals surface area contributed by atoms with Gasteiger partial charge in [0.15, 0.2) is 5.65 Å². The van der Waals surface area contributed by atoms with E-state index in [1.54, 1.807) is 0 Å². The standard InChI is InChI=1S/C13H11F3N4O3.2ClH/c14-13(15,16)9-5-19(4-8(9)12(22)23)11(21)7-1-2-10-18-17-6-20(10)3-7;;/h1-3,6,8-9H,4-5H2,(H,22,23);2*1H/t8-,9-;;/m1../s1. The van der Waals surface area contributed by atoms with Crippen molar-refractivity contribution in [3.8, 4) is 0 Å². The third-order valence-corrected chi connectivity index (χ3v) is 3.88. The molecule has 3 rings (SSSR count). The van der Waals surface area contributed by atoms with Crippen LogP contribution >= 0.6 is 24.8 Å². The van der Waals surface area contributed by atoms with E-state index in [1.165, 1.54) is 29.1 Å². The minimum atomic E-state index is -4.67. The number of nitrogens with zero attached hydrogens (tertiary/aromatic N) is 4. The number of hydrogen-bond acceptors (Lipinski definition) is 4. The second-order valence-corrected chi connectivity index (χ2v) is 5.32. The Hall–Kier alpha value is -2.07. The normalized spacial score (nSPS) is 20.0. The quantitative estimate of drug-likeness (QED) is 0.831. The van der Waals surface area contributed by atoms with Gasteiger partial charge in [0.25, 0.3) is 5.91 Å². The van der Waals surface area contributed by atoms with Crippen LogP contribution in [0.5, 0.6) is 0 Å². The lowest BCUT2D eigenvalue weighted by atomic mass is 9.96. The molecule has 0 radical (unpaired) electrons. The van der Waals surface area contributed by atoms with E-state index in [-0.39, 0.29) is 30.4 Å². The first kappa shape index (κ1) is 21.0. The van der Waals surface area contributed by atoms with E-state index in [0.717, 1.165) is 4.90 Å². The highest BCUT2D eigenvalue weighted by Crippen LogP contribution is 2.38. The van der Waals surface area contributed by atoms with Gasteiger partial charge in [-0.25, -0.2) is 0 Å². The molecule has 0 spiro atoms. The van der Waals surface area contributed by atoms with Crippen molar-refractivity contribution in [2.75, 3.05) is 13.1 Å². The van der Waals surface area contributed by atoms with Crippen molar-refractivity contribution < 1.29 is 27.9 Å². The summed E-state index contributed by atoms with van der Waals surface area (Å²) in [6.07, 6.45) is -1.92. The molecule has 0 aromatic carbocycles. The zero-order valence-corrected chi connectivity index (χ0v) is 14.0. The fourth-order valence-electron chi connectivity index (χ4n) is 2.69. The molecule has 1 aliphatic rings. The molecule has 7 nitrogen and oxygen atoms in total. The molecule has 1 aliphatic heterocycles. The van der Waals surface area contributed by atoms with E-state index in [9.17, 15) is 22.8 Å². The van der Waals surface area contributed by atoms with Crippen LogP contribution in [0.15, 0.2) is 24.7 Å². The van der Waals surface area contributed by atoms with Crippen LogP contribution in [0.4, 0.5) is 13.2 Å². The maximum absolute atomic E-state index is 13.0. The van der Waals surface area contributed by atoms with Gasteiger partial charge in [-0.15, -0.1) is 35.0 Å². The number of amides is 1. The lowest BCUT2D eigenvalue weighted by molar-refractivity contribution is -0.187. The Morgan fingerprint density at radius 2 is 1.88 bits per heavy atom. The van der Waals surface area contributed by atoms with Crippen molar-refractivity contribution in [2.24, 2.45) is 11.8 Å². The minimum Gasteiger partial charge on any atom is -0.481 e. The van der Waals surface area contributed by atoms with Crippen molar-refractivity contribution in [3.05, 3.63) is 30.2 Å². The molecule has 138 valence electrons. The number of rotatable bonds is 2. The Balaban J connectivity index is 0.00000156. The van der Waals surface area contributed by atoms with E-state index in [2.05, 4.69) is 10.2 Å². The molecule has 0 aliphatic carbocycles. The summed E-state index contributed by atoms with van der Waals surface area (Å²) in [4.78, 5) is 24.3. The van der Waals surface area contributed by atoms with Crippen LogP contribution in [0.2, 0.25) is 0 Å². The predicted molar refractivity (Wildman–Crippen MR) is 84.1 cm³/mol. The molecular weight excluding hydrogens is 388 g/mol. The summed E-state index contributed by atoms with van der Waals surface area (Å²) in [6, 6.07) is 2.93. The number of fused-ring (bicyclic) bond motifs is 1. The van der Waals surface area contributed by atoms with Crippen LogP contribution < -0.4 is 0 Å². The number of alkyl halides is 3. The van der Waals surface area contributed by atoms with Gasteiger partial charge in [0.1, 0.15) is 6.33 Å². The number of carboxylic acid groups (broad SMARTS) is 1. The Bertz CT molecular complexity index is 783. The monoisotopic (exact) mass is 400 g/mol. The number of carboxylic acids is 1. The molecule has 2 aromatic heterocycles. The molecule has 0 saturated carbocycles. The molecule has 2 aromatic rings. The van der Waals surface area contributed by atoms with E-state index in [4.69, 9.17) is 5.11 Å². The molecule has 1 fully saturated rings. The number of carbonyl (C=O) groups is 2. The molecule has 2 atom stereocenters. The zero-order chi connectivity index (χ0) is 16.8. The van der Waals surface area contributed by atoms with Crippen LogP contribution in [0.25, 0.3) is 5.65 Å². The van der Waals surface area contributed by atoms with Gasteiger partial charge in [0, 0.05) is 19.3 Å². The van der Waals surface area contributed by atoms with Gasteiger partial charge < -0.3 is 10.0 Å². The number of halogens is 5. The Morgan fingerprint density at radius 3 is 2.44 bits per heavy atom. The summed E-state index contributed by atoms with van der Waals surface area (Å²) in [7, 11) is 0. The first-order valence-electron chi connectivity index (χ1n) is 6.65. The topological polar surface area (TPSA) is 87.8 Å². The summed E-state index contributed by atoms with van der Waals surface area (Å²) in [5.41, 5.74) is 0.629. The van der Waals surface area contributed by atoms with Gasteiger partial charge in [0.2, 0.25) is 0 Å². The minimum absolute atomic E-state index is 0. The van der Waals surface area contributed by atoms with E-state index >= 15 is 0 Å². The number of carbonyl (C=O) groups excluding carboxylic acids is 1. The maximum Gasteiger partial charge on any atom is 0.394 e. The highest BCUT2D eigenvalue weighted by Gasteiger charge is 2.53. The Morgan fingerprint density at radius 1 is 1.20 bits per heavy atom. The third kappa shape index (κ3) is 3.96. The molecule has 1 amide bonds. The smallest absolute Gasteiger partial charge is 0.394 e. The molecule has 0 bridgehead atoms. The number of pyridine rings is 1. The lowest BCUT2D eigenvalue weighted by Crippen LogP contribution is -2.34. The summed E-state index contributed by atoms with van der Waals surface area (Å²) in [6.45, 7) is -1.14. The number of aromatic nitrogens is 3. The van der Waals surface area contributed by atoms with Crippen LogP contribution in [0, 0.1) is 11.8 Å². The van der Waals surface area contributed by atoms with Crippen LogP contribution in [0.1, 0.15) is 10.4 Å². The van der Waals surface area contributed by atoms with Gasteiger partial charge >= 0.3 is 12.1 Å². The van der Waals surface area contributed by atoms with Crippen molar-refractivity contribution >= 4 is 42.3 Å². The van der Waals surface area contributed by atoms with Crippen molar-refractivity contribution in [1.82, 2.24) is 19.5 Å². The summed E-state index contributed by atoms with van der Waals surface area (Å²) < 4.78 is 40.3. The SMILES string of the molecule is Cl.Cl.O=C(O)[C@@H]1CN(C(=O)c2ccc3nncn3c2)C[C@H]1C(F)(F)F. The Labute approximate surface area is 151 Å². The fraction of sp³-hybridized carbons (Fsp3) is 0.385. The average Bonchev–Trinajstić information content (AvgIpc) is 3.11. The van der Waals surface area contributed by atoms with Crippen molar-refractivity contribution in [3.63, 3.8) is 0 Å². The van der Waals surface area contributed by atoms with E-state index in [1.807, 2.05) is 0 Å². The second-order valence-electron chi connectivity index (χ2n) is 5.32.